The van der Waals surface area contributed by atoms with Crippen molar-refractivity contribution in [2.75, 3.05) is 11.5 Å². The van der Waals surface area contributed by atoms with Gasteiger partial charge >= 0.3 is 12.1 Å². The van der Waals surface area contributed by atoms with Crippen molar-refractivity contribution in [2.24, 2.45) is 0 Å². The van der Waals surface area contributed by atoms with Gasteiger partial charge in [0.15, 0.2) is 0 Å². The van der Waals surface area contributed by atoms with Crippen LogP contribution in [0.4, 0.5) is 4.79 Å². The van der Waals surface area contributed by atoms with Gasteiger partial charge < -0.3 is 15.2 Å². The summed E-state index contributed by atoms with van der Waals surface area (Å²) in [6, 6.07) is 2.51. The van der Waals surface area contributed by atoms with Crippen LogP contribution in [0.1, 0.15) is 25.6 Å². The molecule has 0 aliphatic carbocycles. The topological polar surface area (TPSA) is 97.6 Å². The van der Waals surface area contributed by atoms with Crippen molar-refractivity contribution in [1.82, 2.24) is 9.88 Å². The quantitative estimate of drug-likeness (QED) is 0.827. The number of alkyl carbamates (subject to hydrolysis) is 1. The number of hydrogen-bond donors (Lipinski definition) is 2. The van der Waals surface area contributed by atoms with Gasteiger partial charge in [0.1, 0.15) is 11.6 Å². The normalized spacial score (nSPS) is 12.5. The van der Waals surface area contributed by atoms with Crippen LogP contribution >= 0.6 is 11.8 Å². The molecule has 22 heavy (non-hydrogen) atoms. The standard InChI is InChI=1S/C14H20N2O5S/c1-14(2,3)21-13(20)15-10(8-22-9-11(17)18)12(19)16-6-4-5-7-16/h4-7,10H,8-9H2,1-3H3,(H,15,20)(H,17,18)/t10-/m1/s1. The van der Waals surface area contributed by atoms with Gasteiger partial charge in [0.05, 0.1) is 5.75 Å². The molecule has 0 saturated heterocycles. The lowest BCUT2D eigenvalue weighted by Crippen LogP contribution is -2.46. The molecule has 0 radical (unpaired) electrons. The number of aliphatic carboxylic acids is 1. The Labute approximate surface area is 133 Å². The van der Waals surface area contributed by atoms with Crippen LogP contribution in [0.5, 0.6) is 0 Å². The monoisotopic (exact) mass is 328 g/mol. The summed E-state index contributed by atoms with van der Waals surface area (Å²) in [5, 5.41) is 11.2. The minimum atomic E-state index is -0.977. The minimum absolute atomic E-state index is 0.141. The average Bonchev–Trinajstić information content (AvgIpc) is 2.87. The van der Waals surface area contributed by atoms with Crippen LogP contribution in [0.25, 0.3) is 0 Å². The van der Waals surface area contributed by atoms with Gasteiger partial charge in [-0.25, -0.2) is 4.79 Å². The van der Waals surface area contributed by atoms with Crippen molar-refractivity contribution in [3.05, 3.63) is 24.5 Å². The summed E-state index contributed by atoms with van der Waals surface area (Å²) in [4.78, 5) is 34.7. The summed E-state index contributed by atoms with van der Waals surface area (Å²) in [7, 11) is 0. The van der Waals surface area contributed by atoms with E-state index in [0.717, 1.165) is 11.8 Å². The molecule has 1 aromatic heterocycles. The molecule has 1 aromatic rings. The molecule has 0 aliphatic rings. The Hall–Kier alpha value is -1.96. The Morgan fingerprint density at radius 2 is 1.86 bits per heavy atom. The van der Waals surface area contributed by atoms with Gasteiger partial charge in [-0.05, 0) is 32.9 Å². The van der Waals surface area contributed by atoms with E-state index in [1.54, 1.807) is 45.3 Å². The highest BCUT2D eigenvalue weighted by Gasteiger charge is 2.25. The average molecular weight is 328 g/mol. The van der Waals surface area contributed by atoms with Gasteiger partial charge in [-0.15, -0.1) is 11.8 Å². The molecule has 0 fully saturated rings. The number of carbonyl (C=O) groups is 3. The summed E-state index contributed by atoms with van der Waals surface area (Å²) in [6.07, 6.45) is 2.41. The largest absolute Gasteiger partial charge is 0.481 e. The lowest BCUT2D eigenvalue weighted by Gasteiger charge is -2.23. The fourth-order valence-electron chi connectivity index (χ4n) is 1.55. The highest BCUT2D eigenvalue weighted by molar-refractivity contribution is 8.00. The van der Waals surface area contributed by atoms with E-state index in [2.05, 4.69) is 5.32 Å². The molecule has 1 atom stereocenters. The van der Waals surface area contributed by atoms with E-state index in [9.17, 15) is 14.4 Å². The Balaban J connectivity index is 2.71. The first-order chi connectivity index (χ1) is 10.2. The van der Waals surface area contributed by atoms with Crippen molar-refractivity contribution in [2.45, 2.75) is 32.4 Å². The number of thioether (sulfide) groups is 1. The molecule has 7 nitrogen and oxygen atoms in total. The predicted octanol–water partition coefficient (Wildman–Crippen LogP) is 1.84. The molecular formula is C14H20N2O5S. The van der Waals surface area contributed by atoms with Gasteiger partial charge in [-0.3, -0.25) is 14.2 Å². The first-order valence-electron chi connectivity index (χ1n) is 6.65. The number of hydrogen-bond acceptors (Lipinski definition) is 5. The van der Waals surface area contributed by atoms with Crippen LogP contribution in [-0.2, 0) is 9.53 Å². The van der Waals surface area contributed by atoms with E-state index >= 15 is 0 Å². The number of amides is 1. The second-order valence-electron chi connectivity index (χ2n) is 5.54. The summed E-state index contributed by atoms with van der Waals surface area (Å²) in [6.45, 7) is 5.15. The molecule has 0 saturated carbocycles. The van der Waals surface area contributed by atoms with Crippen molar-refractivity contribution in [3.8, 4) is 0 Å². The SMILES string of the molecule is CC(C)(C)OC(=O)N[C@H](CSCC(=O)O)C(=O)n1cccc1. The number of ether oxygens (including phenoxy) is 1. The Morgan fingerprint density at radius 3 is 2.36 bits per heavy atom. The molecule has 122 valence electrons. The fraction of sp³-hybridized carbons (Fsp3) is 0.500. The number of carboxylic acids is 1. The van der Waals surface area contributed by atoms with Gasteiger partial charge in [0, 0.05) is 18.1 Å². The molecular weight excluding hydrogens is 308 g/mol. The number of rotatable bonds is 6. The van der Waals surface area contributed by atoms with E-state index < -0.39 is 23.7 Å². The highest BCUT2D eigenvalue weighted by Crippen LogP contribution is 2.09. The summed E-state index contributed by atoms with van der Waals surface area (Å²) in [5.74, 6) is -1.34. The summed E-state index contributed by atoms with van der Waals surface area (Å²) >= 11 is 1.05. The van der Waals surface area contributed by atoms with Crippen molar-refractivity contribution < 1.29 is 24.2 Å². The van der Waals surface area contributed by atoms with Crippen molar-refractivity contribution in [3.63, 3.8) is 0 Å². The third-order valence-corrected chi connectivity index (χ3v) is 3.38. The Morgan fingerprint density at radius 1 is 1.27 bits per heavy atom. The summed E-state index contributed by atoms with van der Waals surface area (Å²) < 4.78 is 6.46. The van der Waals surface area contributed by atoms with Crippen LogP contribution in [0, 0.1) is 0 Å². The van der Waals surface area contributed by atoms with E-state index in [-0.39, 0.29) is 17.4 Å². The Kier molecular flexibility index (Phi) is 6.48. The Bertz CT molecular complexity index is 522. The number of nitrogens with one attached hydrogen (secondary N) is 1. The first-order valence-corrected chi connectivity index (χ1v) is 7.81. The van der Waals surface area contributed by atoms with Crippen LogP contribution in [0.3, 0.4) is 0 Å². The zero-order valence-corrected chi connectivity index (χ0v) is 13.6. The van der Waals surface area contributed by atoms with Crippen molar-refractivity contribution in [1.29, 1.82) is 0 Å². The molecule has 0 bridgehead atoms. The molecule has 0 unspecified atom stereocenters. The van der Waals surface area contributed by atoms with Crippen LogP contribution in [-0.4, -0.2) is 50.8 Å². The van der Waals surface area contributed by atoms with Gasteiger partial charge in [0.2, 0.25) is 0 Å². The second-order valence-corrected chi connectivity index (χ2v) is 6.57. The molecule has 0 aliphatic heterocycles. The van der Waals surface area contributed by atoms with E-state index in [1.165, 1.54) is 4.57 Å². The minimum Gasteiger partial charge on any atom is -0.481 e. The maximum atomic E-state index is 12.3. The van der Waals surface area contributed by atoms with Crippen molar-refractivity contribution >= 4 is 29.7 Å². The molecule has 0 aromatic carbocycles. The number of aromatic nitrogens is 1. The first kappa shape index (κ1) is 18.1. The third kappa shape index (κ3) is 6.66. The van der Waals surface area contributed by atoms with Gasteiger partial charge in [-0.1, -0.05) is 0 Å². The van der Waals surface area contributed by atoms with Crippen LogP contribution in [0.2, 0.25) is 0 Å². The molecule has 1 amide bonds. The zero-order valence-electron chi connectivity index (χ0n) is 12.7. The second kappa shape index (κ2) is 7.88. The zero-order chi connectivity index (χ0) is 16.8. The van der Waals surface area contributed by atoms with Gasteiger partial charge in [0.25, 0.3) is 5.91 Å². The van der Waals surface area contributed by atoms with E-state index in [4.69, 9.17) is 9.84 Å². The molecule has 0 spiro atoms. The molecule has 1 heterocycles. The lowest BCUT2D eigenvalue weighted by molar-refractivity contribution is -0.133. The smallest absolute Gasteiger partial charge is 0.408 e. The van der Waals surface area contributed by atoms with Gasteiger partial charge in [-0.2, -0.15) is 0 Å². The third-order valence-electron chi connectivity index (χ3n) is 2.36. The molecule has 2 N–H and O–H groups in total. The predicted molar refractivity (Wildman–Crippen MR) is 83.2 cm³/mol. The lowest BCUT2D eigenvalue weighted by atomic mass is 10.2. The maximum Gasteiger partial charge on any atom is 0.408 e. The highest BCUT2D eigenvalue weighted by atomic mass is 32.2. The summed E-state index contributed by atoms with van der Waals surface area (Å²) in [5.41, 5.74) is -0.681. The van der Waals surface area contributed by atoms with Crippen LogP contribution in [0.15, 0.2) is 24.5 Å². The fourth-order valence-corrected chi connectivity index (χ4v) is 2.30. The molecule has 1 rings (SSSR count). The number of carbonyl (C=O) groups excluding carboxylic acids is 2. The van der Waals surface area contributed by atoms with E-state index in [0.29, 0.717) is 0 Å². The van der Waals surface area contributed by atoms with E-state index in [1.807, 2.05) is 0 Å². The van der Waals surface area contributed by atoms with Crippen LogP contribution < -0.4 is 5.32 Å². The maximum absolute atomic E-state index is 12.3. The molecule has 8 heteroatoms. The number of nitrogens with zero attached hydrogens (tertiary/aromatic N) is 1. The number of carboxylic acid groups (broad SMARTS) is 1.